The highest BCUT2D eigenvalue weighted by Crippen LogP contribution is 2.39. The molecule has 0 fully saturated rings. The van der Waals surface area contributed by atoms with Gasteiger partial charge in [0.15, 0.2) is 0 Å². The Labute approximate surface area is 125 Å². The van der Waals surface area contributed by atoms with Crippen molar-refractivity contribution in [3.05, 3.63) is 46.3 Å². The van der Waals surface area contributed by atoms with Crippen LogP contribution in [0.1, 0.15) is 5.76 Å². The first-order valence-electron chi connectivity index (χ1n) is 5.83. The van der Waals surface area contributed by atoms with Gasteiger partial charge < -0.3 is 14.7 Å². The minimum absolute atomic E-state index is 0.221. The van der Waals surface area contributed by atoms with E-state index in [-0.39, 0.29) is 5.88 Å². The zero-order valence-electron chi connectivity index (χ0n) is 10.5. The number of nitrogen functional groups attached to an aromatic ring is 1. The van der Waals surface area contributed by atoms with E-state index in [9.17, 15) is 0 Å². The molecular weight excluding hydrogens is 299 g/mol. The molecule has 0 atom stereocenters. The van der Waals surface area contributed by atoms with Gasteiger partial charge in [-0.3, -0.25) is 0 Å². The fraction of sp³-hybridized carbons (Fsp3) is 0.0714. The monoisotopic (exact) mass is 308 g/mol. The average Bonchev–Trinajstić information content (AvgIpc) is 2.99. The van der Waals surface area contributed by atoms with Gasteiger partial charge in [0.05, 0.1) is 21.9 Å². The first kappa shape index (κ1) is 13.1. The number of halogens is 2. The van der Waals surface area contributed by atoms with Crippen LogP contribution in [0.25, 0.3) is 22.4 Å². The van der Waals surface area contributed by atoms with E-state index in [0.717, 1.165) is 16.9 Å². The third kappa shape index (κ3) is 2.07. The molecule has 0 spiro atoms. The van der Waals surface area contributed by atoms with Gasteiger partial charge in [-0.05, 0) is 30.7 Å². The standard InChI is InChI=1S/C14H10Cl2N2O2/c1-7-9(4-5-19-7)13-12(14(17)20-18-13)8-2-3-10(15)11(16)6-8/h2-6H,17H2,1H3. The molecule has 0 radical (unpaired) electrons. The van der Waals surface area contributed by atoms with Crippen LogP contribution in [-0.4, -0.2) is 5.16 Å². The minimum Gasteiger partial charge on any atom is -0.469 e. The zero-order valence-corrected chi connectivity index (χ0v) is 12.0. The van der Waals surface area contributed by atoms with E-state index in [1.54, 1.807) is 18.4 Å². The molecule has 102 valence electrons. The Balaban J connectivity index is 2.21. The van der Waals surface area contributed by atoms with Crippen molar-refractivity contribution in [1.29, 1.82) is 0 Å². The molecule has 2 aromatic heterocycles. The number of aromatic nitrogens is 1. The molecule has 0 amide bonds. The molecule has 3 rings (SSSR count). The summed E-state index contributed by atoms with van der Waals surface area (Å²) in [6, 6.07) is 7.06. The first-order valence-corrected chi connectivity index (χ1v) is 6.58. The summed E-state index contributed by atoms with van der Waals surface area (Å²) in [6.45, 7) is 1.85. The first-order chi connectivity index (χ1) is 9.58. The summed E-state index contributed by atoms with van der Waals surface area (Å²) in [5.41, 5.74) is 8.79. The molecular formula is C14H10Cl2N2O2. The molecule has 3 aromatic rings. The normalized spacial score (nSPS) is 10.9. The maximum absolute atomic E-state index is 6.05. The summed E-state index contributed by atoms with van der Waals surface area (Å²) in [4.78, 5) is 0. The van der Waals surface area contributed by atoms with Gasteiger partial charge in [0.25, 0.3) is 0 Å². The van der Waals surface area contributed by atoms with E-state index < -0.39 is 0 Å². The van der Waals surface area contributed by atoms with Crippen LogP contribution in [0.2, 0.25) is 10.0 Å². The van der Waals surface area contributed by atoms with Crippen molar-refractivity contribution in [2.45, 2.75) is 6.92 Å². The summed E-state index contributed by atoms with van der Waals surface area (Å²) in [6.07, 6.45) is 1.59. The van der Waals surface area contributed by atoms with E-state index >= 15 is 0 Å². The van der Waals surface area contributed by atoms with Crippen molar-refractivity contribution in [1.82, 2.24) is 5.16 Å². The SMILES string of the molecule is Cc1occc1-c1noc(N)c1-c1ccc(Cl)c(Cl)c1. The summed E-state index contributed by atoms with van der Waals surface area (Å²) in [7, 11) is 0. The van der Waals surface area contributed by atoms with Crippen LogP contribution in [0.15, 0.2) is 39.5 Å². The predicted molar refractivity (Wildman–Crippen MR) is 78.8 cm³/mol. The van der Waals surface area contributed by atoms with Gasteiger partial charge in [-0.15, -0.1) is 0 Å². The molecule has 6 heteroatoms. The molecule has 0 bridgehead atoms. The lowest BCUT2D eigenvalue weighted by atomic mass is 10.0. The lowest BCUT2D eigenvalue weighted by molar-refractivity contribution is 0.439. The lowest BCUT2D eigenvalue weighted by Crippen LogP contribution is -1.88. The highest BCUT2D eigenvalue weighted by Gasteiger charge is 2.20. The number of nitrogens with two attached hydrogens (primary N) is 1. The number of aryl methyl sites for hydroxylation is 1. The van der Waals surface area contributed by atoms with Gasteiger partial charge in [-0.2, -0.15) is 0 Å². The van der Waals surface area contributed by atoms with Crippen LogP contribution in [0.5, 0.6) is 0 Å². The summed E-state index contributed by atoms with van der Waals surface area (Å²) in [5.74, 6) is 0.957. The van der Waals surface area contributed by atoms with E-state index in [1.807, 2.05) is 19.1 Å². The Kier molecular flexibility index (Phi) is 3.20. The molecule has 2 heterocycles. The van der Waals surface area contributed by atoms with Gasteiger partial charge in [0.2, 0.25) is 5.88 Å². The maximum atomic E-state index is 6.05. The van der Waals surface area contributed by atoms with Crippen molar-refractivity contribution < 1.29 is 8.94 Å². The van der Waals surface area contributed by atoms with Crippen LogP contribution in [0, 0.1) is 6.92 Å². The highest BCUT2D eigenvalue weighted by molar-refractivity contribution is 6.42. The Morgan fingerprint density at radius 1 is 1.15 bits per heavy atom. The fourth-order valence-electron chi connectivity index (χ4n) is 2.05. The van der Waals surface area contributed by atoms with Gasteiger partial charge in [-0.25, -0.2) is 0 Å². The topological polar surface area (TPSA) is 65.2 Å². The molecule has 1 aromatic carbocycles. The van der Waals surface area contributed by atoms with Crippen LogP contribution in [0.3, 0.4) is 0 Å². The third-order valence-corrected chi connectivity index (χ3v) is 3.78. The average molecular weight is 309 g/mol. The van der Waals surface area contributed by atoms with Crippen molar-refractivity contribution in [3.63, 3.8) is 0 Å². The van der Waals surface area contributed by atoms with E-state index in [0.29, 0.717) is 21.3 Å². The molecule has 4 nitrogen and oxygen atoms in total. The van der Waals surface area contributed by atoms with Gasteiger partial charge in [0.1, 0.15) is 11.5 Å². The smallest absolute Gasteiger partial charge is 0.230 e. The quantitative estimate of drug-likeness (QED) is 0.738. The van der Waals surface area contributed by atoms with Crippen LogP contribution >= 0.6 is 23.2 Å². The molecule has 0 aliphatic rings. The number of nitrogens with zero attached hydrogens (tertiary/aromatic N) is 1. The number of benzene rings is 1. The largest absolute Gasteiger partial charge is 0.469 e. The predicted octanol–water partition coefficient (Wildman–Crippen LogP) is 4.80. The minimum atomic E-state index is 0.221. The fourth-order valence-corrected chi connectivity index (χ4v) is 2.35. The van der Waals surface area contributed by atoms with E-state index in [1.165, 1.54) is 0 Å². The van der Waals surface area contributed by atoms with Crippen LogP contribution in [-0.2, 0) is 0 Å². The second-order valence-corrected chi connectivity index (χ2v) is 5.10. The Morgan fingerprint density at radius 2 is 1.95 bits per heavy atom. The summed E-state index contributed by atoms with van der Waals surface area (Å²) < 4.78 is 10.4. The second-order valence-electron chi connectivity index (χ2n) is 4.29. The second kappa shape index (κ2) is 4.89. The van der Waals surface area contributed by atoms with Gasteiger partial charge in [-0.1, -0.05) is 34.4 Å². The van der Waals surface area contributed by atoms with Crippen molar-refractivity contribution in [2.24, 2.45) is 0 Å². The van der Waals surface area contributed by atoms with E-state index in [4.69, 9.17) is 37.9 Å². The van der Waals surface area contributed by atoms with Gasteiger partial charge >= 0.3 is 0 Å². The molecule has 0 saturated carbocycles. The molecule has 0 unspecified atom stereocenters. The molecule has 20 heavy (non-hydrogen) atoms. The van der Waals surface area contributed by atoms with Crippen molar-refractivity contribution >= 4 is 29.1 Å². The van der Waals surface area contributed by atoms with E-state index in [2.05, 4.69) is 5.16 Å². The molecule has 2 N–H and O–H groups in total. The van der Waals surface area contributed by atoms with Gasteiger partial charge in [0, 0.05) is 5.56 Å². The number of anilines is 1. The number of hydrogen-bond acceptors (Lipinski definition) is 4. The molecule has 0 saturated heterocycles. The zero-order chi connectivity index (χ0) is 14.3. The number of rotatable bonds is 2. The number of hydrogen-bond donors (Lipinski definition) is 1. The number of furan rings is 1. The highest BCUT2D eigenvalue weighted by atomic mass is 35.5. The lowest BCUT2D eigenvalue weighted by Gasteiger charge is -2.04. The maximum Gasteiger partial charge on any atom is 0.230 e. The van der Waals surface area contributed by atoms with Crippen LogP contribution in [0.4, 0.5) is 5.88 Å². The molecule has 0 aliphatic heterocycles. The van der Waals surface area contributed by atoms with Crippen LogP contribution < -0.4 is 5.73 Å². The van der Waals surface area contributed by atoms with Crippen molar-refractivity contribution in [3.8, 4) is 22.4 Å². The summed E-state index contributed by atoms with van der Waals surface area (Å²) >= 11 is 12.0. The summed E-state index contributed by atoms with van der Waals surface area (Å²) in [5, 5.41) is 4.93. The Hall–Kier alpha value is -1.91. The Bertz CT molecular complexity index is 777. The third-order valence-electron chi connectivity index (χ3n) is 3.04. The Morgan fingerprint density at radius 3 is 2.60 bits per heavy atom. The van der Waals surface area contributed by atoms with Crippen molar-refractivity contribution in [2.75, 3.05) is 5.73 Å². The molecule has 0 aliphatic carbocycles.